The number of benzene rings is 1. The summed E-state index contributed by atoms with van der Waals surface area (Å²) in [5.41, 5.74) is 3.24. The summed E-state index contributed by atoms with van der Waals surface area (Å²) >= 11 is 6.17. The van der Waals surface area contributed by atoms with Crippen LogP contribution in [0.15, 0.2) is 42.6 Å². The van der Waals surface area contributed by atoms with E-state index in [4.69, 9.17) is 31.0 Å². The van der Waals surface area contributed by atoms with Crippen molar-refractivity contribution >= 4 is 23.5 Å². The zero-order valence-electron chi connectivity index (χ0n) is 18.3. The van der Waals surface area contributed by atoms with Gasteiger partial charge in [-0.3, -0.25) is 4.79 Å². The SMILES string of the molecule is Cc1ccc(Oc2nc(N3CCOCC3)nc3c2CN(C(=O)c2cccnc2Cl)CC3)cc1. The fraction of sp³-hybridized carbons (Fsp3) is 0.333. The first-order chi connectivity index (χ1) is 16.1. The number of nitrogens with zero attached hydrogens (tertiary/aromatic N) is 5. The molecule has 2 aliphatic rings. The van der Waals surface area contributed by atoms with Gasteiger partial charge in [-0.05, 0) is 31.2 Å². The predicted molar refractivity (Wildman–Crippen MR) is 124 cm³/mol. The van der Waals surface area contributed by atoms with Crippen LogP contribution >= 0.6 is 11.6 Å². The number of morpholine rings is 1. The Bertz CT molecular complexity index is 1170. The zero-order chi connectivity index (χ0) is 22.8. The lowest BCUT2D eigenvalue weighted by molar-refractivity contribution is 0.0731. The highest BCUT2D eigenvalue weighted by molar-refractivity contribution is 6.32. The molecule has 2 aromatic heterocycles. The van der Waals surface area contributed by atoms with E-state index >= 15 is 0 Å². The van der Waals surface area contributed by atoms with Gasteiger partial charge in [-0.25, -0.2) is 9.97 Å². The molecule has 0 N–H and O–H groups in total. The Morgan fingerprint density at radius 3 is 2.64 bits per heavy atom. The molecule has 0 spiro atoms. The summed E-state index contributed by atoms with van der Waals surface area (Å²) in [5, 5.41) is 0.198. The fourth-order valence-corrected chi connectivity index (χ4v) is 4.17. The van der Waals surface area contributed by atoms with E-state index in [0.29, 0.717) is 55.9 Å². The fourth-order valence-electron chi connectivity index (χ4n) is 3.97. The van der Waals surface area contributed by atoms with Crippen molar-refractivity contribution in [2.75, 3.05) is 37.7 Å². The number of carbonyl (C=O) groups is 1. The third-order valence-corrected chi connectivity index (χ3v) is 6.12. The number of aryl methyl sites for hydroxylation is 1. The van der Waals surface area contributed by atoms with Crippen LogP contribution in [-0.4, -0.2) is 58.6 Å². The lowest BCUT2D eigenvalue weighted by Crippen LogP contribution is -2.39. The molecule has 0 unspecified atom stereocenters. The van der Waals surface area contributed by atoms with Gasteiger partial charge in [0.05, 0.1) is 36.6 Å². The third kappa shape index (κ3) is 4.62. The number of fused-ring (bicyclic) bond motifs is 1. The molecule has 5 rings (SSSR count). The van der Waals surface area contributed by atoms with Gasteiger partial charge in [0.25, 0.3) is 5.91 Å². The van der Waals surface area contributed by atoms with Crippen molar-refractivity contribution in [2.45, 2.75) is 19.9 Å². The number of aromatic nitrogens is 3. The van der Waals surface area contributed by atoms with E-state index in [0.717, 1.165) is 29.9 Å². The van der Waals surface area contributed by atoms with Gasteiger partial charge in [0, 0.05) is 32.3 Å². The molecule has 1 saturated heterocycles. The van der Waals surface area contributed by atoms with E-state index in [-0.39, 0.29) is 11.1 Å². The molecular weight excluding hydrogens is 442 g/mol. The molecule has 9 heteroatoms. The van der Waals surface area contributed by atoms with Gasteiger partial charge < -0.3 is 19.3 Å². The van der Waals surface area contributed by atoms with Crippen LogP contribution < -0.4 is 9.64 Å². The lowest BCUT2D eigenvalue weighted by atomic mass is 10.1. The topological polar surface area (TPSA) is 80.7 Å². The molecule has 2 aliphatic heterocycles. The van der Waals surface area contributed by atoms with Crippen LogP contribution in [0.5, 0.6) is 11.6 Å². The Balaban J connectivity index is 1.49. The largest absolute Gasteiger partial charge is 0.438 e. The van der Waals surface area contributed by atoms with Crippen LogP contribution in [0.2, 0.25) is 5.15 Å². The van der Waals surface area contributed by atoms with Gasteiger partial charge >= 0.3 is 0 Å². The minimum Gasteiger partial charge on any atom is -0.438 e. The average Bonchev–Trinajstić information content (AvgIpc) is 2.85. The van der Waals surface area contributed by atoms with Crippen molar-refractivity contribution in [1.82, 2.24) is 19.9 Å². The van der Waals surface area contributed by atoms with Gasteiger partial charge in [0.1, 0.15) is 10.9 Å². The number of rotatable bonds is 4. The van der Waals surface area contributed by atoms with Crippen LogP contribution in [0.4, 0.5) is 5.95 Å². The number of carbonyl (C=O) groups excluding carboxylic acids is 1. The number of halogens is 1. The van der Waals surface area contributed by atoms with E-state index in [1.807, 2.05) is 31.2 Å². The van der Waals surface area contributed by atoms with Crippen LogP contribution in [-0.2, 0) is 17.7 Å². The van der Waals surface area contributed by atoms with Crippen molar-refractivity contribution in [3.8, 4) is 11.6 Å². The maximum absolute atomic E-state index is 13.1. The molecule has 1 fully saturated rings. The summed E-state index contributed by atoms with van der Waals surface area (Å²) < 4.78 is 11.7. The highest BCUT2D eigenvalue weighted by Gasteiger charge is 2.29. The molecule has 1 aromatic carbocycles. The zero-order valence-corrected chi connectivity index (χ0v) is 19.1. The van der Waals surface area contributed by atoms with Crippen molar-refractivity contribution < 1.29 is 14.3 Å². The first-order valence-electron chi connectivity index (χ1n) is 11.0. The summed E-state index contributed by atoms with van der Waals surface area (Å²) in [6.07, 6.45) is 2.17. The van der Waals surface area contributed by atoms with Gasteiger partial charge in [-0.2, -0.15) is 4.98 Å². The molecule has 3 aromatic rings. The highest BCUT2D eigenvalue weighted by atomic mass is 35.5. The Morgan fingerprint density at radius 1 is 1.09 bits per heavy atom. The van der Waals surface area contributed by atoms with Crippen molar-refractivity contribution in [3.63, 3.8) is 0 Å². The van der Waals surface area contributed by atoms with Crippen molar-refractivity contribution in [1.29, 1.82) is 0 Å². The maximum Gasteiger partial charge on any atom is 0.257 e. The van der Waals surface area contributed by atoms with Gasteiger partial charge in [0.2, 0.25) is 11.8 Å². The van der Waals surface area contributed by atoms with Crippen molar-refractivity contribution in [2.24, 2.45) is 0 Å². The smallest absolute Gasteiger partial charge is 0.257 e. The Kier molecular flexibility index (Phi) is 6.11. The standard InChI is InChI=1S/C24H24ClN5O3/c1-16-4-6-17(7-5-16)33-22-19-15-30(23(31)18-3-2-9-26-21(18)25)10-8-20(19)27-24(28-22)29-11-13-32-14-12-29/h2-7,9H,8,10-15H2,1H3. The summed E-state index contributed by atoms with van der Waals surface area (Å²) in [4.78, 5) is 30.6. The monoisotopic (exact) mass is 465 g/mol. The van der Waals surface area contributed by atoms with E-state index in [1.54, 1.807) is 23.2 Å². The van der Waals surface area contributed by atoms with Gasteiger partial charge in [-0.15, -0.1) is 0 Å². The number of amides is 1. The number of hydrogen-bond acceptors (Lipinski definition) is 7. The first kappa shape index (κ1) is 21.6. The van der Waals surface area contributed by atoms with E-state index < -0.39 is 0 Å². The van der Waals surface area contributed by atoms with E-state index in [2.05, 4.69) is 9.88 Å². The second-order valence-electron chi connectivity index (χ2n) is 8.09. The molecule has 0 atom stereocenters. The number of ether oxygens (including phenoxy) is 2. The minimum atomic E-state index is -0.169. The first-order valence-corrected chi connectivity index (χ1v) is 11.3. The molecule has 8 nitrogen and oxygen atoms in total. The molecule has 1 amide bonds. The predicted octanol–water partition coefficient (Wildman–Crippen LogP) is 3.66. The quantitative estimate of drug-likeness (QED) is 0.544. The summed E-state index contributed by atoms with van der Waals surface area (Å²) in [6, 6.07) is 11.2. The van der Waals surface area contributed by atoms with Crippen LogP contribution in [0.25, 0.3) is 0 Å². The van der Waals surface area contributed by atoms with Crippen LogP contribution in [0.1, 0.15) is 27.2 Å². The Labute approximate surface area is 197 Å². The second kappa shape index (κ2) is 9.33. The van der Waals surface area contributed by atoms with Crippen molar-refractivity contribution in [3.05, 3.63) is 70.1 Å². The van der Waals surface area contributed by atoms with Crippen LogP contribution in [0, 0.1) is 6.92 Å². The highest BCUT2D eigenvalue weighted by Crippen LogP contribution is 2.32. The maximum atomic E-state index is 13.1. The van der Waals surface area contributed by atoms with E-state index in [9.17, 15) is 4.79 Å². The molecule has 33 heavy (non-hydrogen) atoms. The molecule has 170 valence electrons. The number of anilines is 1. The molecule has 0 bridgehead atoms. The summed E-state index contributed by atoms with van der Waals surface area (Å²) in [5.74, 6) is 1.62. The molecule has 4 heterocycles. The normalized spacial score (nSPS) is 15.8. The van der Waals surface area contributed by atoms with Gasteiger partial charge in [-0.1, -0.05) is 29.3 Å². The molecule has 0 radical (unpaired) electrons. The molecule has 0 aliphatic carbocycles. The van der Waals surface area contributed by atoms with Crippen LogP contribution in [0.3, 0.4) is 0 Å². The minimum absolute atomic E-state index is 0.169. The van der Waals surface area contributed by atoms with Gasteiger partial charge in [0.15, 0.2) is 0 Å². The average molecular weight is 466 g/mol. The Hall–Kier alpha value is -3.23. The lowest BCUT2D eigenvalue weighted by Gasteiger charge is -2.32. The van der Waals surface area contributed by atoms with E-state index in [1.165, 1.54) is 0 Å². The molecule has 0 saturated carbocycles. The number of pyridine rings is 1. The summed E-state index contributed by atoms with van der Waals surface area (Å²) in [7, 11) is 0. The third-order valence-electron chi connectivity index (χ3n) is 5.82. The Morgan fingerprint density at radius 2 is 1.88 bits per heavy atom. The number of hydrogen-bond donors (Lipinski definition) is 0. The second-order valence-corrected chi connectivity index (χ2v) is 8.45. The summed E-state index contributed by atoms with van der Waals surface area (Å²) in [6.45, 7) is 5.63. The molecular formula is C24H24ClN5O3.